The number of benzene rings is 3. The molecule has 1 aromatic heterocycles. The summed E-state index contributed by atoms with van der Waals surface area (Å²) in [6, 6.07) is 25.6. The third-order valence-electron chi connectivity index (χ3n) is 6.24. The smallest absolute Gasteiger partial charge is 0.140 e. The monoisotopic (exact) mass is 489 g/mol. The van der Waals surface area contributed by atoms with Crippen LogP contribution in [0.2, 0.25) is 5.02 Å². The summed E-state index contributed by atoms with van der Waals surface area (Å²) in [5.41, 5.74) is 4.88. The van der Waals surface area contributed by atoms with Crippen molar-refractivity contribution in [3.63, 3.8) is 0 Å². The van der Waals surface area contributed by atoms with Gasteiger partial charge in [-0.3, -0.25) is 4.90 Å². The molecule has 0 atom stereocenters. The number of halogens is 2. The molecule has 35 heavy (non-hydrogen) atoms. The predicted octanol–water partition coefficient (Wildman–Crippen LogP) is 8.22. The maximum Gasteiger partial charge on any atom is 0.140 e. The highest BCUT2D eigenvalue weighted by Gasteiger charge is 2.22. The third-order valence-corrected chi connectivity index (χ3v) is 6.60. The molecule has 0 spiro atoms. The Morgan fingerprint density at radius 2 is 1.51 bits per heavy atom. The summed E-state index contributed by atoms with van der Waals surface area (Å²) in [6.45, 7) is 7.20. The quantitative estimate of drug-likeness (QED) is 0.211. The van der Waals surface area contributed by atoms with Crippen molar-refractivity contribution in [2.75, 3.05) is 6.54 Å². The molecule has 3 nitrogen and oxygen atoms in total. The van der Waals surface area contributed by atoms with Crippen molar-refractivity contribution >= 4 is 11.6 Å². The van der Waals surface area contributed by atoms with Crippen molar-refractivity contribution in [3.05, 3.63) is 101 Å². The van der Waals surface area contributed by atoms with Crippen molar-refractivity contribution in [1.29, 1.82) is 0 Å². The normalized spacial score (nSPS) is 11.3. The number of hydrogen-bond donors (Lipinski definition) is 0. The van der Waals surface area contributed by atoms with Gasteiger partial charge >= 0.3 is 0 Å². The molecule has 0 radical (unpaired) electrons. The molecular formula is C30H33ClFN3. The van der Waals surface area contributed by atoms with Gasteiger partial charge in [0.25, 0.3) is 0 Å². The Bertz CT molecular complexity index is 1200. The molecule has 0 saturated carbocycles. The molecule has 182 valence electrons. The van der Waals surface area contributed by atoms with Gasteiger partial charge < -0.3 is 4.57 Å². The van der Waals surface area contributed by atoms with Crippen LogP contribution in [0.4, 0.5) is 4.39 Å². The molecule has 0 bridgehead atoms. The highest BCUT2D eigenvalue weighted by molar-refractivity contribution is 6.31. The summed E-state index contributed by atoms with van der Waals surface area (Å²) in [5, 5.41) is 0.474. The summed E-state index contributed by atoms with van der Waals surface area (Å²) < 4.78 is 17.1. The van der Waals surface area contributed by atoms with E-state index >= 15 is 0 Å². The van der Waals surface area contributed by atoms with E-state index in [-0.39, 0.29) is 5.82 Å². The summed E-state index contributed by atoms with van der Waals surface area (Å²) in [5.74, 6) is 0.718. The minimum absolute atomic E-state index is 0.255. The molecule has 0 unspecified atom stereocenters. The lowest BCUT2D eigenvalue weighted by Gasteiger charge is -2.25. The van der Waals surface area contributed by atoms with Crippen LogP contribution >= 0.6 is 11.6 Å². The van der Waals surface area contributed by atoms with Crippen LogP contribution < -0.4 is 0 Å². The Hall–Kier alpha value is -2.95. The largest absolute Gasteiger partial charge is 0.326 e. The van der Waals surface area contributed by atoms with Crippen LogP contribution in [-0.2, 0) is 19.6 Å². The Morgan fingerprint density at radius 1 is 0.829 bits per heavy atom. The average Bonchev–Trinajstić information content (AvgIpc) is 3.23. The molecule has 3 aromatic carbocycles. The maximum absolute atomic E-state index is 14.7. The van der Waals surface area contributed by atoms with E-state index in [0.717, 1.165) is 60.7 Å². The minimum atomic E-state index is -0.255. The average molecular weight is 490 g/mol. The number of nitrogens with zero attached hydrogens (tertiary/aromatic N) is 3. The minimum Gasteiger partial charge on any atom is -0.326 e. The fourth-order valence-electron chi connectivity index (χ4n) is 4.46. The van der Waals surface area contributed by atoms with Crippen molar-refractivity contribution in [2.24, 2.45) is 0 Å². The van der Waals surface area contributed by atoms with E-state index in [1.165, 1.54) is 6.07 Å². The first-order valence-corrected chi connectivity index (χ1v) is 12.9. The van der Waals surface area contributed by atoms with Crippen molar-refractivity contribution in [3.8, 4) is 22.6 Å². The van der Waals surface area contributed by atoms with E-state index in [4.69, 9.17) is 16.6 Å². The molecule has 0 aliphatic rings. The molecular weight excluding hydrogens is 457 g/mol. The van der Waals surface area contributed by atoms with Crippen molar-refractivity contribution in [1.82, 2.24) is 14.5 Å². The second-order valence-corrected chi connectivity index (χ2v) is 9.29. The topological polar surface area (TPSA) is 21.1 Å². The SMILES string of the molecule is CCCCN(Cc1c(F)cccc1Cl)Cc1c(-c2ccccc2)nc(-c2ccccc2)n1CCC. The van der Waals surface area contributed by atoms with E-state index < -0.39 is 0 Å². The number of imidazole rings is 1. The molecule has 0 fully saturated rings. The van der Waals surface area contributed by atoms with E-state index in [9.17, 15) is 4.39 Å². The van der Waals surface area contributed by atoms with E-state index in [1.807, 2.05) is 24.3 Å². The summed E-state index contributed by atoms with van der Waals surface area (Å²) in [4.78, 5) is 7.48. The van der Waals surface area contributed by atoms with E-state index in [0.29, 0.717) is 23.7 Å². The van der Waals surface area contributed by atoms with Gasteiger partial charge in [0.15, 0.2) is 0 Å². The lowest BCUT2D eigenvalue weighted by Crippen LogP contribution is -2.26. The van der Waals surface area contributed by atoms with Crippen molar-refractivity contribution < 1.29 is 4.39 Å². The second kappa shape index (κ2) is 12.1. The van der Waals surface area contributed by atoms with Gasteiger partial charge in [0.1, 0.15) is 11.6 Å². The third kappa shape index (κ3) is 6.01. The molecule has 0 aliphatic carbocycles. The van der Waals surface area contributed by atoms with Gasteiger partial charge in [0.05, 0.1) is 11.4 Å². The van der Waals surface area contributed by atoms with Crippen LogP contribution in [0.3, 0.4) is 0 Å². The summed E-state index contributed by atoms with van der Waals surface area (Å²) in [7, 11) is 0. The Morgan fingerprint density at radius 3 is 2.14 bits per heavy atom. The van der Waals surface area contributed by atoms with Gasteiger partial charge in [-0.2, -0.15) is 0 Å². The molecule has 4 aromatic rings. The van der Waals surface area contributed by atoms with Gasteiger partial charge in [-0.25, -0.2) is 9.37 Å². The van der Waals surface area contributed by atoms with Crippen LogP contribution in [-0.4, -0.2) is 21.0 Å². The fraction of sp³-hybridized carbons (Fsp3) is 0.300. The first-order chi connectivity index (χ1) is 17.1. The zero-order chi connectivity index (χ0) is 24.6. The highest BCUT2D eigenvalue weighted by atomic mass is 35.5. The fourth-order valence-corrected chi connectivity index (χ4v) is 4.68. The second-order valence-electron chi connectivity index (χ2n) is 8.88. The first-order valence-electron chi connectivity index (χ1n) is 12.5. The number of hydrogen-bond acceptors (Lipinski definition) is 2. The predicted molar refractivity (Wildman–Crippen MR) is 144 cm³/mol. The van der Waals surface area contributed by atoms with Crippen LogP contribution in [0.25, 0.3) is 22.6 Å². The summed E-state index contributed by atoms with van der Waals surface area (Å²) in [6.07, 6.45) is 3.09. The highest BCUT2D eigenvalue weighted by Crippen LogP contribution is 2.32. The van der Waals surface area contributed by atoms with E-state index in [2.05, 4.69) is 59.7 Å². The Labute approximate surface area is 213 Å². The van der Waals surface area contributed by atoms with E-state index in [1.54, 1.807) is 12.1 Å². The van der Waals surface area contributed by atoms with Crippen LogP contribution in [0, 0.1) is 5.82 Å². The zero-order valence-electron chi connectivity index (χ0n) is 20.6. The summed E-state index contributed by atoms with van der Waals surface area (Å²) >= 11 is 6.42. The van der Waals surface area contributed by atoms with Gasteiger partial charge in [-0.05, 0) is 31.5 Å². The van der Waals surface area contributed by atoms with Gasteiger partial charge in [-0.15, -0.1) is 0 Å². The van der Waals surface area contributed by atoms with Crippen LogP contribution in [0.5, 0.6) is 0 Å². The Balaban J connectivity index is 1.81. The lowest BCUT2D eigenvalue weighted by molar-refractivity contribution is 0.243. The number of aromatic nitrogens is 2. The molecule has 1 heterocycles. The number of unbranched alkanes of at least 4 members (excludes halogenated alkanes) is 1. The first kappa shape index (κ1) is 25.2. The van der Waals surface area contributed by atoms with Crippen molar-refractivity contribution in [2.45, 2.75) is 52.7 Å². The van der Waals surface area contributed by atoms with Crippen LogP contribution in [0.15, 0.2) is 78.9 Å². The Kier molecular flexibility index (Phi) is 8.73. The van der Waals surface area contributed by atoms with Crippen LogP contribution in [0.1, 0.15) is 44.4 Å². The zero-order valence-corrected chi connectivity index (χ0v) is 21.3. The van der Waals surface area contributed by atoms with Gasteiger partial charge in [-0.1, -0.05) is 98.6 Å². The molecule has 0 amide bonds. The molecule has 0 N–H and O–H groups in total. The number of rotatable bonds is 11. The van der Waals surface area contributed by atoms with Gasteiger partial charge in [0.2, 0.25) is 0 Å². The lowest BCUT2D eigenvalue weighted by atomic mass is 10.1. The van der Waals surface area contributed by atoms with Gasteiger partial charge in [0, 0.05) is 41.3 Å². The molecule has 0 aliphatic heterocycles. The standard InChI is InChI=1S/C30H33ClFN3/c1-3-5-20-34(21-25-26(31)17-12-18-27(25)32)22-28-29(23-13-8-6-9-14-23)33-30(35(28)19-4-2)24-15-10-7-11-16-24/h6-18H,3-5,19-22H2,1-2H3. The molecule has 5 heteroatoms. The molecule has 0 saturated heterocycles. The molecule has 4 rings (SSSR count). The maximum atomic E-state index is 14.7.